The molecule has 1 aliphatic carbocycles. The standard InChI is InChI=1S/C37H38N4O3/c1-41(25-26-12-4-2-5-13-26)35(43)33(23-27-18-19-28-14-6-7-15-29(28)22-27)39-36(44)37(20-10-3-11-21-37)40-34(42)31-24-38-32-17-9-8-16-30(31)32/h2,4-9,12-19,22,24,33,38H,3,10-11,20-21,23,25H2,1H3,(H,39,44)(H,40,42). The molecule has 1 aliphatic rings. The topological polar surface area (TPSA) is 94.3 Å². The van der Waals surface area contributed by atoms with Crippen molar-refractivity contribution in [2.24, 2.45) is 0 Å². The number of carbonyl (C=O) groups excluding carboxylic acids is 3. The van der Waals surface area contributed by atoms with E-state index in [0.29, 0.717) is 31.4 Å². The molecule has 3 N–H and O–H groups in total. The number of carbonyl (C=O) groups is 3. The Morgan fingerprint density at radius 2 is 1.52 bits per heavy atom. The summed E-state index contributed by atoms with van der Waals surface area (Å²) < 4.78 is 0. The third kappa shape index (κ3) is 6.23. The molecule has 0 radical (unpaired) electrons. The van der Waals surface area contributed by atoms with Gasteiger partial charge in [0.05, 0.1) is 5.56 Å². The van der Waals surface area contributed by atoms with Gasteiger partial charge in [-0.25, -0.2) is 0 Å². The number of fused-ring (bicyclic) bond motifs is 2. The average Bonchev–Trinajstić information content (AvgIpc) is 3.49. The number of para-hydroxylation sites is 1. The summed E-state index contributed by atoms with van der Waals surface area (Å²) in [5, 5.41) is 9.26. The van der Waals surface area contributed by atoms with Crippen molar-refractivity contribution >= 4 is 39.4 Å². The van der Waals surface area contributed by atoms with Crippen LogP contribution in [0.15, 0.2) is 103 Å². The average molecular weight is 587 g/mol. The monoisotopic (exact) mass is 586 g/mol. The van der Waals surface area contributed by atoms with Crippen LogP contribution in [-0.2, 0) is 22.6 Å². The maximum Gasteiger partial charge on any atom is 0.254 e. The minimum Gasteiger partial charge on any atom is -0.360 e. The molecular weight excluding hydrogens is 548 g/mol. The molecule has 1 unspecified atom stereocenters. The number of likely N-dealkylation sites (N-methyl/N-ethyl adjacent to an activating group) is 1. The van der Waals surface area contributed by atoms with Gasteiger partial charge in [-0.05, 0) is 40.8 Å². The van der Waals surface area contributed by atoms with Crippen LogP contribution in [0.1, 0.15) is 53.6 Å². The summed E-state index contributed by atoms with van der Waals surface area (Å²) >= 11 is 0. The van der Waals surface area contributed by atoms with Gasteiger partial charge in [0.1, 0.15) is 11.6 Å². The Bertz CT molecular complexity index is 1790. The molecule has 224 valence electrons. The normalized spacial score (nSPS) is 15.0. The minimum absolute atomic E-state index is 0.177. The molecular formula is C37H38N4O3. The lowest BCUT2D eigenvalue weighted by Gasteiger charge is -2.38. The van der Waals surface area contributed by atoms with Crippen LogP contribution in [0, 0.1) is 0 Å². The molecule has 4 aromatic carbocycles. The van der Waals surface area contributed by atoms with Crippen molar-refractivity contribution in [3.63, 3.8) is 0 Å². The van der Waals surface area contributed by atoms with Gasteiger partial charge in [-0.1, -0.05) is 110 Å². The van der Waals surface area contributed by atoms with E-state index < -0.39 is 11.6 Å². The number of aromatic nitrogens is 1. The highest BCUT2D eigenvalue weighted by Crippen LogP contribution is 2.30. The Labute approximate surface area is 257 Å². The van der Waals surface area contributed by atoms with Crippen LogP contribution in [0.5, 0.6) is 0 Å². The highest BCUT2D eigenvalue weighted by atomic mass is 16.2. The van der Waals surface area contributed by atoms with Crippen LogP contribution < -0.4 is 10.6 Å². The summed E-state index contributed by atoms with van der Waals surface area (Å²) in [5.41, 5.74) is 2.23. The Morgan fingerprint density at radius 3 is 2.32 bits per heavy atom. The van der Waals surface area contributed by atoms with Gasteiger partial charge in [0.15, 0.2) is 0 Å². The van der Waals surface area contributed by atoms with Crippen molar-refractivity contribution in [2.45, 2.75) is 56.7 Å². The first kappa shape index (κ1) is 29.2. The molecule has 3 amide bonds. The third-order valence-electron chi connectivity index (χ3n) is 8.82. The molecule has 0 aliphatic heterocycles. The maximum atomic E-state index is 14.3. The molecule has 1 aromatic heterocycles. The lowest BCUT2D eigenvalue weighted by atomic mass is 9.80. The molecule has 1 heterocycles. The van der Waals surface area contributed by atoms with Crippen LogP contribution >= 0.6 is 0 Å². The fourth-order valence-electron chi connectivity index (χ4n) is 6.41. The van der Waals surface area contributed by atoms with Crippen molar-refractivity contribution in [3.05, 3.63) is 120 Å². The number of rotatable bonds is 9. The summed E-state index contributed by atoms with van der Waals surface area (Å²) in [6.07, 6.45) is 5.70. The van der Waals surface area contributed by atoms with Crippen LogP contribution in [0.3, 0.4) is 0 Å². The van der Waals surface area contributed by atoms with Crippen molar-refractivity contribution in [1.82, 2.24) is 20.5 Å². The SMILES string of the molecule is CN(Cc1ccccc1)C(=O)C(Cc1ccc2ccccc2c1)NC(=O)C1(NC(=O)c2c[nH]c3ccccc23)CCCCC1. The zero-order valence-electron chi connectivity index (χ0n) is 25.0. The van der Waals surface area contributed by atoms with Gasteiger partial charge < -0.3 is 20.5 Å². The highest BCUT2D eigenvalue weighted by molar-refractivity contribution is 6.08. The Kier molecular flexibility index (Phi) is 8.46. The first-order chi connectivity index (χ1) is 21.4. The van der Waals surface area contributed by atoms with Gasteiger partial charge in [0.2, 0.25) is 11.8 Å². The second kappa shape index (κ2) is 12.8. The largest absolute Gasteiger partial charge is 0.360 e. The van der Waals surface area contributed by atoms with Gasteiger partial charge in [0.25, 0.3) is 5.91 Å². The fraction of sp³-hybridized carbons (Fsp3) is 0.270. The number of hydrogen-bond acceptors (Lipinski definition) is 3. The van der Waals surface area contributed by atoms with E-state index in [2.05, 4.69) is 27.8 Å². The first-order valence-corrected chi connectivity index (χ1v) is 15.4. The van der Waals surface area contributed by atoms with Crippen LogP contribution in [0.4, 0.5) is 0 Å². The van der Waals surface area contributed by atoms with Crippen molar-refractivity contribution in [3.8, 4) is 0 Å². The predicted molar refractivity (Wildman–Crippen MR) is 174 cm³/mol. The Balaban J connectivity index is 1.28. The predicted octanol–water partition coefficient (Wildman–Crippen LogP) is 6.14. The number of nitrogens with one attached hydrogen (secondary N) is 3. The third-order valence-corrected chi connectivity index (χ3v) is 8.82. The van der Waals surface area contributed by atoms with Crippen LogP contribution in [0.2, 0.25) is 0 Å². The number of benzene rings is 4. The lowest BCUT2D eigenvalue weighted by Crippen LogP contribution is -2.63. The quantitative estimate of drug-likeness (QED) is 0.194. The smallest absolute Gasteiger partial charge is 0.254 e. The molecule has 1 atom stereocenters. The number of hydrogen-bond donors (Lipinski definition) is 3. The van der Waals surface area contributed by atoms with E-state index in [0.717, 1.165) is 52.1 Å². The second-order valence-corrected chi connectivity index (χ2v) is 11.9. The number of amides is 3. The molecule has 7 heteroatoms. The van der Waals surface area contributed by atoms with Gasteiger partial charge >= 0.3 is 0 Å². The Morgan fingerprint density at radius 1 is 0.818 bits per heavy atom. The minimum atomic E-state index is -1.10. The second-order valence-electron chi connectivity index (χ2n) is 11.9. The lowest BCUT2D eigenvalue weighted by molar-refractivity contribution is -0.138. The first-order valence-electron chi connectivity index (χ1n) is 15.4. The molecule has 1 saturated carbocycles. The summed E-state index contributed by atoms with van der Waals surface area (Å²) in [6.45, 7) is 0.423. The van der Waals surface area contributed by atoms with Gasteiger partial charge in [-0.2, -0.15) is 0 Å². The number of nitrogens with zero attached hydrogens (tertiary/aromatic N) is 1. The molecule has 0 spiro atoms. The van der Waals surface area contributed by atoms with E-state index in [1.807, 2.05) is 84.9 Å². The van der Waals surface area contributed by atoms with Crippen LogP contribution in [-0.4, -0.2) is 46.2 Å². The number of H-pyrrole nitrogens is 1. The van der Waals surface area contributed by atoms with Crippen molar-refractivity contribution in [1.29, 1.82) is 0 Å². The summed E-state index contributed by atoms with van der Waals surface area (Å²) in [6, 6.07) is 30.9. The molecule has 7 nitrogen and oxygen atoms in total. The van der Waals surface area contributed by atoms with E-state index in [4.69, 9.17) is 0 Å². The van der Waals surface area contributed by atoms with Crippen molar-refractivity contribution < 1.29 is 14.4 Å². The molecule has 6 rings (SSSR count). The van der Waals surface area contributed by atoms with E-state index in [1.54, 1.807) is 18.1 Å². The molecule has 0 saturated heterocycles. The fourth-order valence-corrected chi connectivity index (χ4v) is 6.41. The molecule has 5 aromatic rings. The zero-order chi connectivity index (χ0) is 30.5. The van der Waals surface area contributed by atoms with E-state index >= 15 is 0 Å². The summed E-state index contributed by atoms with van der Waals surface area (Å²) in [5.74, 6) is -0.778. The summed E-state index contributed by atoms with van der Waals surface area (Å²) in [7, 11) is 1.77. The van der Waals surface area contributed by atoms with Gasteiger partial charge in [0, 0.05) is 37.1 Å². The van der Waals surface area contributed by atoms with Gasteiger partial charge in [-0.3, -0.25) is 14.4 Å². The van der Waals surface area contributed by atoms with E-state index in [9.17, 15) is 14.4 Å². The van der Waals surface area contributed by atoms with Crippen LogP contribution in [0.25, 0.3) is 21.7 Å². The zero-order valence-corrected chi connectivity index (χ0v) is 25.0. The molecule has 44 heavy (non-hydrogen) atoms. The highest BCUT2D eigenvalue weighted by Gasteiger charge is 2.43. The van der Waals surface area contributed by atoms with E-state index in [-0.39, 0.29) is 17.7 Å². The maximum absolute atomic E-state index is 14.3. The Hall–Kier alpha value is -4.91. The number of aromatic amines is 1. The summed E-state index contributed by atoms with van der Waals surface area (Å²) in [4.78, 5) is 46.8. The molecule has 1 fully saturated rings. The molecule has 0 bridgehead atoms. The van der Waals surface area contributed by atoms with Crippen molar-refractivity contribution in [2.75, 3.05) is 7.05 Å². The van der Waals surface area contributed by atoms with Gasteiger partial charge in [-0.15, -0.1) is 0 Å². The van der Waals surface area contributed by atoms with E-state index in [1.165, 1.54) is 0 Å².